The van der Waals surface area contributed by atoms with Crippen molar-refractivity contribution in [1.29, 1.82) is 5.41 Å². The highest BCUT2D eigenvalue weighted by Gasteiger charge is 2.31. The third-order valence-corrected chi connectivity index (χ3v) is 6.20. The van der Waals surface area contributed by atoms with Crippen molar-refractivity contribution in [2.75, 3.05) is 46.3 Å². The number of nitrogens with zero attached hydrogens (tertiary/aromatic N) is 2. The number of anilines is 1. The average molecular weight is 580 g/mol. The van der Waals surface area contributed by atoms with E-state index in [1.807, 2.05) is 13.0 Å². The third kappa shape index (κ3) is 6.41. The minimum Gasteiger partial charge on any atom is -0.494 e. The molecule has 8 nitrogen and oxygen atoms in total. The summed E-state index contributed by atoms with van der Waals surface area (Å²) in [5, 5.41) is 11.3. The summed E-state index contributed by atoms with van der Waals surface area (Å²) in [6.07, 6.45) is 0.131. The number of halogens is 2. The van der Waals surface area contributed by atoms with Gasteiger partial charge in [0.25, 0.3) is 0 Å². The van der Waals surface area contributed by atoms with Crippen LogP contribution in [0.25, 0.3) is 0 Å². The number of carbonyl (C=O) groups is 2. The second-order valence-electron chi connectivity index (χ2n) is 9.47. The SMILES string of the molecule is Br.CCOc1cc2c(cc1CC(=O)NC)C(=N)N(CC(=O)c1cc(N(C)C)c(OC)c(C(C)(C)F)c1)C2. The van der Waals surface area contributed by atoms with Gasteiger partial charge in [0.05, 0.1) is 32.4 Å². The maximum absolute atomic E-state index is 15.1. The fourth-order valence-corrected chi connectivity index (χ4v) is 4.32. The predicted molar refractivity (Wildman–Crippen MR) is 149 cm³/mol. The number of nitrogens with one attached hydrogen (secondary N) is 2. The largest absolute Gasteiger partial charge is 0.494 e. The minimum absolute atomic E-state index is 0. The number of amidine groups is 1. The van der Waals surface area contributed by atoms with E-state index in [4.69, 9.17) is 14.9 Å². The van der Waals surface area contributed by atoms with Crippen LogP contribution in [-0.4, -0.2) is 63.8 Å². The van der Waals surface area contributed by atoms with Crippen LogP contribution < -0.4 is 19.7 Å². The standard InChI is InChI=1S/C27H35FN4O4.BrH/c1-8-36-23-12-18-14-32(26(29)19(18)9-17(23)13-24(34)30-4)15-22(33)16-10-20(27(2,3)28)25(35-7)21(11-16)31(5)6;/h9-12,29H,8,13-15H2,1-7H3,(H,30,34);1H. The van der Waals surface area contributed by atoms with E-state index in [2.05, 4.69) is 5.32 Å². The smallest absolute Gasteiger partial charge is 0.224 e. The van der Waals surface area contributed by atoms with Crippen LogP contribution in [-0.2, 0) is 23.4 Å². The molecule has 0 fully saturated rings. The van der Waals surface area contributed by atoms with Crippen LogP contribution in [0, 0.1) is 5.41 Å². The highest BCUT2D eigenvalue weighted by Crippen LogP contribution is 2.40. The number of Topliss-reactive ketones (excluding diaryl/α,β-unsaturated/α-hetero) is 1. The molecule has 1 heterocycles. The van der Waals surface area contributed by atoms with Crippen molar-refractivity contribution in [1.82, 2.24) is 10.2 Å². The molecule has 1 amide bonds. The number of hydrogen-bond donors (Lipinski definition) is 2. The number of fused-ring (bicyclic) bond motifs is 1. The second kappa shape index (κ2) is 11.9. The molecule has 0 radical (unpaired) electrons. The number of ether oxygens (including phenoxy) is 2. The first-order chi connectivity index (χ1) is 16.9. The number of methoxy groups -OCH3 is 1. The molecule has 0 atom stereocenters. The van der Waals surface area contributed by atoms with Crippen molar-refractivity contribution in [2.45, 2.75) is 39.4 Å². The molecule has 2 aromatic carbocycles. The average Bonchev–Trinajstić information content (AvgIpc) is 3.11. The molecule has 0 spiro atoms. The van der Waals surface area contributed by atoms with Crippen LogP contribution in [0.4, 0.5) is 10.1 Å². The second-order valence-corrected chi connectivity index (χ2v) is 9.47. The lowest BCUT2D eigenvalue weighted by atomic mass is 9.94. The highest BCUT2D eigenvalue weighted by molar-refractivity contribution is 8.93. The molecular formula is C27H36BrFN4O4. The Hall–Kier alpha value is -3.14. The Balaban J connectivity index is 0.00000481. The zero-order valence-electron chi connectivity index (χ0n) is 22.5. The van der Waals surface area contributed by atoms with Gasteiger partial charge in [0.15, 0.2) is 5.78 Å². The number of alkyl halides is 1. The predicted octanol–water partition coefficient (Wildman–Crippen LogP) is 4.25. The minimum atomic E-state index is -1.72. The van der Waals surface area contributed by atoms with Crippen LogP contribution >= 0.6 is 17.0 Å². The normalized spacial score (nSPS) is 12.5. The summed E-state index contributed by atoms with van der Waals surface area (Å²) in [5.74, 6) is 0.792. The maximum Gasteiger partial charge on any atom is 0.224 e. The summed E-state index contributed by atoms with van der Waals surface area (Å²) in [5.41, 5.74) is 1.72. The van der Waals surface area contributed by atoms with E-state index in [1.165, 1.54) is 27.0 Å². The number of likely N-dealkylation sites (N-methyl/N-ethyl adjacent to an activating group) is 1. The van der Waals surface area contributed by atoms with Crippen LogP contribution in [0.5, 0.6) is 11.5 Å². The molecule has 10 heteroatoms. The Bertz CT molecular complexity index is 1190. The molecule has 2 N–H and O–H groups in total. The van der Waals surface area contributed by atoms with Gasteiger partial charge in [-0.1, -0.05) is 0 Å². The van der Waals surface area contributed by atoms with E-state index in [9.17, 15) is 9.59 Å². The van der Waals surface area contributed by atoms with Gasteiger partial charge in [-0.15, -0.1) is 17.0 Å². The van der Waals surface area contributed by atoms with Crippen molar-refractivity contribution < 1.29 is 23.5 Å². The van der Waals surface area contributed by atoms with Crippen LogP contribution in [0.1, 0.15) is 53.4 Å². The number of hydrogen-bond acceptors (Lipinski definition) is 6. The van der Waals surface area contributed by atoms with E-state index in [0.29, 0.717) is 52.6 Å². The molecule has 0 aromatic heterocycles. The zero-order valence-corrected chi connectivity index (χ0v) is 24.2. The fourth-order valence-electron chi connectivity index (χ4n) is 4.32. The molecule has 37 heavy (non-hydrogen) atoms. The van der Waals surface area contributed by atoms with Crippen LogP contribution in [0.3, 0.4) is 0 Å². The van der Waals surface area contributed by atoms with Gasteiger partial charge in [-0.2, -0.15) is 0 Å². The van der Waals surface area contributed by atoms with Gasteiger partial charge in [0, 0.05) is 49.9 Å². The molecule has 0 unspecified atom stereocenters. The summed E-state index contributed by atoms with van der Waals surface area (Å²) in [6, 6.07) is 6.87. The lowest BCUT2D eigenvalue weighted by Crippen LogP contribution is -2.30. The van der Waals surface area contributed by atoms with Gasteiger partial charge in [0.1, 0.15) is 23.0 Å². The Kier molecular flexibility index (Phi) is 9.71. The van der Waals surface area contributed by atoms with Crippen molar-refractivity contribution in [3.8, 4) is 11.5 Å². The van der Waals surface area contributed by atoms with E-state index >= 15 is 4.39 Å². The Morgan fingerprint density at radius 3 is 2.43 bits per heavy atom. The topological polar surface area (TPSA) is 95.0 Å². The summed E-state index contributed by atoms with van der Waals surface area (Å²) in [6.45, 7) is 5.48. The lowest BCUT2D eigenvalue weighted by Gasteiger charge is -2.25. The number of carbonyl (C=O) groups excluding carboxylic acids is 2. The number of amides is 1. The molecule has 202 valence electrons. The molecule has 3 rings (SSSR count). The lowest BCUT2D eigenvalue weighted by molar-refractivity contribution is -0.119. The van der Waals surface area contributed by atoms with E-state index < -0.39 is 5.67 Å². The first-order valence-electron chi connectivity index (χ1n) is 11.9. The van der Waals surface area contributed by atoms with Gasteiger partial charge in [-0.25, -0.2) is 4.39 Å². The van der Waals surface area contributed by atoms with Crippen LogP contribution in [0.2, 0.25) is 0 Å². The van der Waals surface area contributed by atoms with Gasteiger partial charge in [-0.05, 0) is 50.6 Å². The molecule has 0 saturated carbocycles. The Morgan fingerprint density at radius 2 is 1.89 bits per heavy atom. The summed E-state index contributed by atoms with van der Waals surface area (Å²) in [4.78, 5) is 28.8. The third-order valence-electron chi connectivity index (χ3n) is 6.20. The number of rotatable bonds is 10. The van der Waals surface area contributed by atoms with Gasteiger partial charge < -0.3 is 24.6 Å². The molecule has 0 aliphatic carbocycles. The van der Waals surface area contributed by atoms with Gasteiger partial charge in [-0.3, -0.25) is 15.0 Å². The number of benzene rings is 2. The van der Waals surface area contributed by atoms with Crippen LogP contribution in [0.15, 0.2) is 24.3 Å². The molecule has 2 aromatic rings. The highest BCUT2D eigenvalue weighted by atomic mass is 79.9. The van der Waals surface area contributed by atoms with Gasteiger partial charge >= 0.3 is 0 Å². The zero-order chi connectivity index (χ0) is 26.8. The molecular weight excluding hydrogens is 543 g/mol. The monoisotopic (exact) mass is 578 g/mol. The van der Waals surface area contributed by atoms with E-state index in [1.54, 1.807) is 43.1 Å². The molecule has 1 aliphatic heterocycles. The molecule has 0 saturated heterocycles. The Labute approximate surface area is 228 Å². The first-order valence-corrected chi connectivity index (χ1v) is 11.9. The summed E-state index contributed by atoms with van der Waals surface area (Å²) >= 11 is 0. The van der Waals surface area contributed by atoms with Crippen molar-refractivity contribution in [3.05, 3.63) is 52.1 Å². The van der Waals surface area contributed by atoms with Crippen molar-refractivity contribution in [3.63, 3.8) is 0 Å². The summed E-state index contributed by atoms with van der Waals surface area (Å²) in [7, 11) is 6.67. The van der Waals surface area contributed by atoms with E-state index in [0.717, 1.165) is 5.56 Å². The fraction of sp³-hybridized carbons (Fsp3) is 0.444. The Morgan fingerprint density at radius 1 is 1.22 bits per heavy atom. The van der Waals surface area contributed by atoms with Crippen molar-refractivity contribution in [2.24, 2.45) is 0 Å². The van der Waals surface area contributed by atoms with Crippen molar-refractivity contribution >= 4 is 40.2 Å². The molecule has 1 aliphatic rings. The quantitative estimate of drug-likeness (QED) is 0.409. The maximum atomic E-state index is 15.1. The van der Waals surface area contributed by atoms with E-state index in [-0.39, 0.29) is 47.5 Å². The molecule has 0 bridgehead atoms. The summed E-state index contributed by atoms with van der Waals surface area (Å²) < 4.78 is 26.3. The number of ketones is 1. The van der Waals surface area contributed by atoms with Gasteiger partial charge in [0.2, 0.25) is 5.91 Å². The first kappa shape index (κ1) is 30.1.